The second kappa shape index (κ2) is 14.3. The minimum atomic E-state index is -0.234. The van der Waals surface area contributed by atoms with E-state index in [-0.39, 0.29) is 36.0 Å². The fourth-order valence-corrected chi connectivity index (χ4v) is 6.04. The molecule has 0 unspecified atom stereocenters. The summed E-state index contributed by atoms with van der Waals surface area (Å²) >= 11 is 0. The number of amides is 3. The number of likely N-dealkylation sites (N-methyl/N-ethyl adjacent to an activating group) is 1. The molecule has 0 aromatic heterocycles. The number of carbonyl (C=O) groups excluding carboxylic acids is 2. The lowest BCUT2D eigenvalue weighted by atomic mass is 9.96. The molecule has 3 atom stereocenters. The highest BCUT2D eigenvalue weighted by atomic mass is 16.5. The van der Waals surface area contributed by atoms with Crippen LogP contribution in [0, 0.1) is 11.8 Å². The molecule has 9 heteroatoms. The number of hydrogen-bond acceptors (Lipinski definition) is 6. The lowest BCUT2D eigenvalue weighted by molar-refractivity contribution is 0.0000228. The van der Waals surface area contributed by atoms with E-state index in [4.69, 9.17) is 14.2 Å². The van der Waals surface area contributed by atoms with Gasteiger partial charge in [-0.25, -0.2) is 4.79 Å². The molecule has 1 saturated carbocycles. The molecular formula is C30H48N4O5. The Bertz CT molecular complexity index is 947. The first-order valence-corrected chi connectivity index (χ1v) is 14.8. The van der Waals surface area contributed by atoms with Crippen molar-refractivity contribution in [1.82, 2.24) is 15.1 Å². The van der Waals surface area contributed by atoms with Crippen molar-refractivity contribution >= 4 is 17.6 Å². The zero-order valence-corrected chi connectivity index (χ0v) is 24.2. The van der Waals surface area contributed by atoms with Gasteiger partial charge in [0, 0.05) is 64.8 Å². The molecule has 1 saturated heterocycles. The molecule has 218 valence electrons. The smallest absolute Gasteiger partial charge is 0.319 e. The number of nitrogens with zero attached hydrogens (tertiary/aromatic N) is 2. The third kappa shape index (κ3) is 8.32. The van der Waals surface area contributed by atoms with Gasteiger partial charge in [-0.2, -0.15) is 0 Å². The van der Waals surface area contributed by atoms with Crippen molar-refractivity contribution in [1.29, 1.82) is 0 Å². The van der Waals surface area contributed by atoms with E-state index in [9.17, 15) is 9.59 Å². The summed E-state index contributed by atoms with van der Waals surface area (Å²) in [5.74, 6) is 1.21. The molecule has 9 nitrogen and oxygen atoms in total. The average molecular weight is 545 g/mol. The maximum absolute atomic E-state index is 13.6. The van der Waals surface area contributed by atoms with Gasteiger partial charge in [0.25, 0.3) is 5.91 Å². The topological polar surface area (TPSA) is 92.4 Å². The molecule has 3 amide bonds. The summed E-state index contributed by atoms with van der Waals surface area (Å²) in [6.07, 6.45) is 7.60. The van der Waals surface area contributed by atoms with Gasteiger partial charge in [0.15, 0.2) is 0 Å². The summed E-state index contributed by atoms with van der Waals surface area (Å²) in [5.41, 5.74) is 1.02. The Morgan fingerprint density at radius 1 is 1.08 bits per heavy atom. The molecule has 39 heavy (non-hydrogen) atoms. The molecule has 0 spiro atoms. The molecule has 4 rings (SSSR count). The van der Waals surface area contributed by atoms with Gasteiger partial charge in [-0.3, -0.25) is 9.69 Å². The van der Waals surface area contributed by atoms with E-state index in [2.05, 4.69) is 29.4 Å². The van der Waals surface area contributed by atoms with Crippen molar-refractivity contribution in [2.45, 2.75) is 77.0 Å². The van der Waals surface area contributed by atoms with Crippen molar-refractivity contribution in [3.63, 3.8) is 0 Å². The Hall–Kier alpha value is -2.36. The van der Waals surface area contributed by atoms with Crippen LogP contribution in [0.25, 0.3) is 0 Å². The van der Waals surface area contributed by atoms with E-state index in [0.29, 0.717) is 36.1 Å². The third-order valence-electron chi connectivity index (χ3n) is 8.61. The van der Waals surface area contributed by atoms with Gasteiger partial charge >= 0.3 is 6.03 Å². The number of anilines is 1. The summed E-state index contributed by atoms with van der Waals surface area (Å²) in [7, 11) is 3.52. The number of urea groups is 1. The van der Waals surface area contributed by atoms with E-state index < -0.39 is 0 Å². The van der Waals surface area contributed by atoms with Crippen LogP contribution in [0.1, 0.15) is 69.2 Å². The van der Waals surface area contributed by atoms with Gasteiger partial charge in [0.1, 0.15) is 12.4 Å². The molecule has 1 aromatic rings. The normalized spacial score (nSPS) is 26.6. The van der Waals surface area contributed by atoms with Crippen LogP contribution >= 0.6 is 0 Å². The van der Waals surface area contributed by atoms with Crippen molar-refractivity contribution < 1.29 is 23.8 Å². The molecule has 1 aliphatic carbocycles. The van der Waals surface area contributed by atoms with Crippen LogP contribution in [0.15, 0.2) is 18.2 Å². The maximum Gasteiger partial charge on any atom is 0.319 e. The predicted octanol–water partition coefficient (Wildman–Crippen LogP) is 4.37. The Labute approximate surface area is 233 Å². The Morgan fingerprint density at radius 2 is 1.82 bits per heavy atom. The van der Waals surface area contributed by atoms with Crippen molar-refractivity contribution in [2.75, 3.05) is 58.9 Å². The molecule has 2 fully saturated rings. The SMILES string of the molecule is CO[C@@H]1CN(C)C(=O)c2cc(NC(=O)NC3CCCCC3)ccc2OC[C@H](C)N(CC2CCOCC2)C[C@H]1C. The average Bonchev–Trinajstić information content (AvgIpc) is 2.94. The van der Waals surface area contributed by atoms with Crippen LogP contribution in [0.4, 0.5) is 10.5 Å². The van der Waals surface area contributed by atoms with E-state index in [0.717, 1.165) is 64.8 Å². The molecule has 2 N–H and O–H groups in total. The van der Waals surface area contributed by atoms with Gasteiger partial charge in [0.05, 0.1) is 11.7 Å². The van der Waals surface area contributed by atoms with Gasteiger partial charge < -0.3 is 29.7 Å². The molecule has 0 bridgehead atoms. The second-order valence-electron chi connectivity index (χ2n) is 11.8. The first kappa shape index (κ1) is 29.6. The highest BCUT2D eigenvalue weighted by Crippen LogP contribution is 2.27. The quantitative estimate of drug-likeness (QED) is 0.572. The number of methoxy groups -OCH3 is 1. The lowest BCUT2D eigenvalue weighted by Gasteiger charge is -2.38. The molecule has 0 radical (unpaired) electrons. The van der Waals surface area contributed by atoms with Crippen molar-refractivity contribution in [3.8, 4) is 5.75 Å². The standard InChI is InChI=1S/C30H48N4O5/c1-21-17-34(18-23-12-14-38-15-13-23)22(2)20-39-27-11-10-25(32-30(36)31-24-8-6-5-7-9-24)16-26(27)29(35)33(3)19-28(21)37-4/h10-11,16,21-24,28H,5-9,12-15,17-20H2,1-4H3,(H2,31,32,36)/t21-,22+,28-/m1/s1. The number of nitrogens with one attached hydrogen (secondary N) is 2. The number of rotatable bonds is 5. The zero-order chi connectivity index (χ0) is 27.8. The van der Waals surface area contributed by atoms with Crippen LogP contribution in [-0.2, 0) is 9.47 Å². The van der Waals surface area contributed by atoms with Gasteiger partial charge in [0.2, 0.25) is 0 Å². The van der Waals surface area contributed by atoms with E-state index >= 15 is 0 Å². The van der Waals surface area contributed by atoms with Crippen LogP contribution in [0.3, 0.4) is 0 Å². The fourth-order valence-electron chi connectivity index (χ4n) is 6.04. The zero-order valence-electron chi connectivity index (χ0n) is 24.2. The number of carbonyl (C=O) groups is 2. The van der Waals surface area contributed by atoms with Gasteiger partial charge in [-0.1, -0.05) is 26.2 Å². The van der Waals surface area contributed by atoms with Crippen molar-refractivity contribution in [3.05, 3.63) is 23.8 Å². The number of benzene rings is 1. The number of fused-ring (bicyclic) bond motifs is 1. The third-order valence-corrected chi connectivity index (χ3v) is 8.61. The summed E-state index contributed by atoms with van der Waals surface area (Å²) in [6, 6.07) is 5.47. The maximum atomic E-state index is 13.6. The van der Waals surface area contributed by atoms with E-state index in [1.807, 2.05) is 6.07 Å². The fraction of sp³-hybridized carbons (Fsp3) is 0.733. The largest absolute Gasteiger partial charge is 0.491 e. The molecule has 2 aliphatic heterocycles. The molecule has 1 aromatic carbocycles. The Kier molecular flexibility index (Phi) is 10.9. The van der Waals surface area contributed by atoms with E-state index in [1.54, 1.807) is 31.2 Å². The highest BCUT2D eigenvalue weighted by Gasteiger charge is 2.30. The first-order valence-electron chi connectivity index (χ1n) is 14.8. The summed E-state index contributed by atoms with van der Waals surface area (Å²) < 4.78 is 17.8. The molecule has 2 heterocycles. The molecule has 3 aliphatic rings. The summed E-state index contributed by atoms with van der Waals surface area (Å²) in [6.45, 7) is 8.84. The van der Waals surface area contributed by atoms with Crippen LogP contribution in [0.2, 0.25) is 0 Å². The minimum Gasteiger partial charge on any atom is -0.491 e. The second-order valence-corrected chi connectivity index (χ2v) is 11.8. The summed E-state index contributed by atoms with van der Waals surface area (Å²) in [4.78, 5) is 30.5. The Morgan fingerprint density at radius 3 is 2.54 bits per heavy atom. The predicted molar refractivity (Wildman–Crippen MR) is 152 cm³/mol. The van der Waals surface area contributed by atoms with Crippen LogP contribution in [0.5, 0.6) is 5.75 Å². The first-order chi connectivity index (χ1) is 18.8. The Balaban J connectivity index is 1.52. The summed E-state index contributed by atoms with van der Waals surface area (Å²) in [5, 5.41) is 6.01. The van der Waals surface area contributed by atoms with E-state index in [1.165, 1.54) is 6.42 Å². The monoisotopic (exact) mass is 544 g/mol. The highest BCUT2D eigenvalue weighted by molar-refractivity contribution is 5.99. The van der Waals surface area contributed by atoms with Gasteiger partial charge in [-0.15, -0.1) is 0 Å². The van der Waals surface area contributed by atoms with Crippen LogP contribution < -0.4 is 15.4 Å². The van der Waals surface area contributed by atoms with Crippen LogP contribution in [-0.4, -0.2) is 93.5 Å². The van der Waals surface area contributed by atoms with Gasteiger partial charge in [-0.05, 0) is 62.6 Å². The molecular weight excluding hydrogens is 496 g/mol. The minimum absolute atomic E-state index is 0.102. The number of hydrogen-bond donors (Lipinski definition) is 2. The lowest BCUT2D eigenvalue weighted by Crippen LogP contribution is -2.48. The van der Waals surface area contributed by atoms with Crippen molar-refractivity contribution in [2.24, 2.45) is 11.8 Å². The number of ether oxygens (including phenoxy) is 3.